The van der Waals surface area contributed by atoms with Crippen LogP contribution in [0.25, 0.3) is 0 Å². The van der Waals surface area contributed by atoms with E-state index in [1.807, 2.05) is 0 Å². The number of nitrogens with one attached hydrogen (secondary N) is 5. The minimum absolute atomic E-state index is 0.0263. The highest BCUT2D eigenvalue weighted by atomic mass is 35.5. The van der Waals surface area contributed by atoms with Crippen molar-refractivity contribution in [2.45, 2.75) is 93.3 Å². The lowest BCUT2D eigenvalue weighted by molar-refractivity contribution is -0.137. The van der Waals surface area contributed by atoms with Crippen LogP contribution in [-0.2, 0) is 35.9 Å². The van der Waals surface area contributed by atoms with Gasteiger partial charge in [0.05, 0.1) is 11.1 Å². The predicted octanol–water partition coefficient (Wildman–Crippen LogP) is 4.56. The molecule has 5 N–H and O–H groups in total. The first-order valence-electron chi connectivity index (χ1n) is 19.1. The van der Waals surface area contributed by atoms with Gasteiger partial charge in [-0.05, 0) is 78.6 Å². The maximum Gasteiger partial charge on any atom is 0.255 e. The highest BCUT2D eigenvalue weighted by molar-refractivity contribution is 6.31. The Labute approximate surface area is 338 Å². The quantitative estimate of drug-likeness (QED) is 0.101. The molecular weight excluding hydrogens is 774 g/mol. The second-order valence-electron chi connectivity index (χ2n) is 15.3. The van der Waals surface area contributed by atoms with Gasteiger partial charge in [-0.25, -0.2) is 4.39 Å². The largest absolute Gasteiger partial charge is 0.355 e. The molecule has 1 saturated carbocycles. The standard InChI is InChI=1S/C42H39Cl2FN6O6/c43-24-12-13-28-30(21-24)48-40(57)42(28)34(26-9-5-10-29(44)35(26)45)36(50-41(42)17-2-1-3-18-41)38(55)47-19-6-11-32(52)46-20-16-23-7-4-8-25-27(23)22-51(39(25)56)31-14-15-33(53)49-37(31)54/h4-5,7-10,12-13,21,31,34,36,50H,1-3,6,11,14-15,17-19,22H2,(H,46,52)(H,47,55)(H,48,57)(H,49,53,54)/t31?,34-,36+,42+/m0/s1. The molecule has 3 aromatic carbocycles. The fraction of sp³-hybridized carbons (Fsp3) is 0.381. The van der Waals surface area contributed by atoms with Crippen LogP contribution >= 0.6 is 23.2 Å². The van der Waals surface area contributed by atoms with Gasteiger partial charge < -0.3 is 15.5 Å². The minimum atomic E-state index is -1.35. The van der Waals surface area contributed by atoms with E-state index >= 15 is 4.39 Å². The molecule has 0 aromatic heterocycles. The van der Waals surface area contributed by atoms with Gasteiger partial charge in [-0.15, -0.1) is 0 Å². The van der Waals surface area contributed by atoms with E-state index in [0.717, 1.165) is 19.3 Å². The molecule has 8 rings (SSSR count). The summed E-state index contributed by atoms with van der Waals surface area (Å²) in [6.07, 6.45) is 4.44. The third-order valence-electron chi connectivity index (χ3n) is 12.2. The third-order valence-corrected chi connectivity index (χ3v) is 12.7. The van der Waals surface area contributed by atoms with E-state index in [1.165, 1.54) is 11.0 Å². The lowest BCUT2D eigenvalue weighted by Crippen LogP contribution is -2.60. The van der Waals surface area contributed by atoms with E-state index in [0.29, 0.717) is 45.8 Å². The molecule has 3 aromatic rings. The molecule has 4 heterocycles. The summed E-state index contributed by atoms with van der Waals surface area (Å²) < 4.78 is 16.1. The number of fused-ring (bicyclic) bond motifs is 4. The summed E-state index contributed by atoms with van der Waals surface area (Å²) in [6.45, 7) is 0.263. The summed E-state index contributed by atoms with van der Waals surface area (Å²) in [5.41, 5.74) is 0.682. The minimum Gasteiger partial charge on any atom is -0.355 e. The molecule has 1 aliphatic carbocycles. The Balaban J connectivity index is 0.955. The second kappa shape index (κ2) is 15.2. The normalized spacial score (nSPS) is 24.4. The van der Waals surface area contributed by atoms with Crippen LogP contribution in [-0.4, -0.2) is 64.5 Å². The third kappa shape index (κ3) is 6.53. The Bertz CT molecular complexity index is 2300. The van der Waals surface area contributed by atoms with Gasteiger partial charge in [-0.1, -0.05) is 66.7 Å². The van der Waals surface area contributed by atoms with Crippen LogP contribution in [0.2, 0.25) is 10.0 Å². The zero-order valence-electron chi connectivity index (χ0n) is 30.7. The van der Waals surface area contributed by atoms with Crippen LogP contribution in [0.5, 0.6) is 0 Å². The first-order valence-corrected chi connectivity index (χ1v) is 19.9. The molecule has 294 valence electrons. The van der Waals surface area contributed by atoms with E-state index in [-0.39, 0.29) is 73.0 Å². The number of piperidine rings is 1. The van der Waals surface area contributed by atoms with Crippen molar-refractivity contribution in [2.75, 3.05) is 11.9 Å². The molecule has 2 spiro atoms. The second-order valence-corrected chi connectivity index (χ2v) is 16.1. The molecule has 0 bridgehead atoms. The Hall–Kier alpha value is -5.29. The van der Waals surface area contributed by atoms with E-state index in [1.54, 1.807) is 48.5 Å². The van der Waals surface area contributed by atoms with Crippen molar-refractivity contribution >= 4 is 64.3 Å². The van der Waals surface area contributed by atoms with Gasteiger partial charge in [-0.2, -0.15) is 0 Å². The number of amides is 6. The van der Waals surface area contributed by atoms with Gasteiger partial charge in [0.25, 0.3) is 5.91 Å². The summed E-state index contributed by atoms with van der Waals surface area (Å²) in [6, 6.07) is 15.8. The molecule has 2 saturated heterocycles. The van der Waals surface area contributed by atoms with Crippen molar-refractivity contribution in [1.29, 1.82) is 0 Å². The molecule has 57 heavy (non-hydrogen) atoms. The number of benzene rings is 3. The highest BCUT2D eigenvalue weighted by Crippen LogP contribution is 2.62. The summed E-state index contributed by atoms with van der Waals surface area (Å²) in [7, 11) is 0. The number of nitrogens with zero attached hydrogens (tertiary/aromatic N) is 1. The van der Waals surface area contributed by atoms with Gasteiger partial charge in [-0.3, -0.25) is 44.7 Å². The monoisotopic (exact) mass is 812 g/mol. The van der Waals surface area contributed by atoms with E-state index in [2.05, 4.69) is 38.5 Å². The first-order chi connectivity index (χ1) is 27.4. The molecule has 5 aliphatic rings. The molecule has 1 unspecified atom stereocenters. The molecule has 6 amide bonds. The van der Waals surface area contributed by atoms with Crippen LogP contribution in [0.3, 0.4) is 0 Å². The molecular formula is C42H39Cl2FN6O6. The zero-order chi connectivity index (χ0) is 40.1. The SMILES string of the molecule is O=C(CCCNC(=O)[C@@H]1NC2(CCCCC2)[C@@]2(C(=O)Nc3cc(Cl)ccc32)[C@H]1c1cccc(Cl)c1F)NC#Cc1cccc2c1CN(C1CCC(=O)NC1=O)C2=O. The maximum absolute atomic E-state index is 16.1. The molecule has 12 nitrogen and oxygen atoms in total. The topological polar surface area (TPSA) is 166 Å². The van der Waals surface area contributed by atoms with Gasteiger partial charge >= 0.3 is 0 Å². The van der Waals surface area contributed by atoms with Crippen LogP contribution in [0.4, 0.5) is 10.1 Å². The Morgan fingerprint density at radius 1 is 0.982 bits per heavy atom. The first kappa shape index (κ1) is 38.6. The number of anilines is 1. The number of hydrogen-bond acceptors (Lipinski definition) is 7. The van der Waals surface area contributed by atoms with E-state index in [9.17, 15) is 28.8 Å². The summed E-state index contributed by atoms with van der Waals surface area (Å²) in [4.78, 5) is 80.2. The number of hydrogen-bond donors (Lipinski definition) is 5. The van der Waals surface area contributed by atoms with Crippen molar-refractivity contribution in [2.24, 2.45) is 0 Å². The fourth-order valence-electron chi connectivity index (χ4n) is 9.72. The number of carbonyl (C=O) groups is 6. The van der Waals surface area contributed by atoms with E-state index in [4.69, 9.17) is 23.2 Å². The Morgan fingerprint density at radius 2 is 1.77 bits per heavy atom. The average Bonchev–Trinajstić information content (AvgIpc) is 3.78. The lowest BCUT2D eigenvalue weighted by atomic mass is 9.55. The lowest BCUT2D eigenvalue weighted by Gasteiger charge is -2.47. The Morgan fingerprint density at radius 3 is 2.56 bits per heavy atom. The van der Waals surface area contributed by atoms with Crippen molar-refractivity contribution in [3.63, 3.8) is 0 Å². The molecule has 15 heteroatoms. The number of imide groups is 1. The van der Waals surface area contributed by atoms with Crippen LogP contribution in [0, 0.1) is 17.8 Å². The molecule has 4 atom stereocenters. The number of halogens is 3. The highest BCUT2D eigenvalue weighted by Gasteiger charge is 2.72. The van der Waals surface area contributed by atoms with Crippen molar-refractivity contribution < 1.29 is 33.2 Å². The Kier molecular flexibility index (Phi) is 10.3. The smallest absolute Gasteiger partial charge is 0.255 e. The van der Waals surface area contributed by atoms with Crippen molar-refractivity contribution in [3.8, 4) is 12.0 Å². The van der Waals surface area contributed by atoms with Gasteiger partial charge in [0.15, 0.2) is 0 Å². The summed E-state index contributed by atoms with van der Waals surface area (Å²) >= 11 is 12.7. The van der Waals surface area contributed by atoms with Gasteiger partial charge in [0, 0.05) is 65.3 Å². The van der Waals surface area contributed by atoms with Crippen LogP contribution < -0.4 is 26.6 Å². The number of carbonyl (C=O) groups excluding carboxylic acids is 6. The van der Waals surface area contributed by atoms with E-state index < -0.39 is 46.6 Å². The molecule has 3 fully saturated rings. The zero-order valence-corrected chi connectivity index (χ0v) is 32.2. The van der Waals surface area contributed by atoms with Gasteiger partial charge in [0.1, 0.15) is 17.3 Å². The molecule has 4 aliphatic heterocycles. The van der Waals surface area contributed by atoms with Gasteiger partial charge in [0.2, 0.25) is 29.5 Å². The van der Waals surface area contributed by atoms with Crippen molar-refractivity contribution in [3.05, 3.63) is 98.3 Å². The average molecular weight is 814 g/mol. The maximum atomic E-state index is 16.1. The van der Waals surface area contributed by atoms with Crippen LogP contribution in [0.1, 0.15) is 96.3 Å². The summed E-state index contributed by atoms with van der Waals surface area (Å²) in [5.74, 6) is -1.11. The van der Waals surface area contributed by atoms with Crippen molar-refractivity contribution in [1.82, 2.24) is 26.2 Å². The molecule has 0 radical (unpaired) electrons. The number of rotatable bonds is 7. The predicted molar refractivity (Wildman–Crippen MR) is 208 cm³/mol. The van der Waals surface area contributed by atoms with Crippen LogP contribution in [0.15, 0.2) is 54.6 Å². The summed E-state index contributed by atoms with van der Waals surface area (Å²) in [5, 5.41) is 14.7. The fourth-order valence-corrected chi connectivity index (χ4v) is 10.1.